The highest BCUT2D eigenvalue weighted by Crippen LogP contribution is 2.09. The van der Waals surface area contributed by atoms with E-state index in [0.717, 1.165) is 19.5 Å². The fourth-order valence-corrected chi connectivity index (χ4v) is 2.30. The third-order valence-corrected chi connectivity index (χ3v) is 3.18. The standard InChI is InChI=1S/C11H19ClN6.ClH/c12-9-15-10(13)17-11(16-9)14-5-4-8-18-6-2-1-3-7-18;/h1-8H2,(H3,13,14,15,16,17);1H. The minimum atomic E-state index is 0. The lowest BCUT2D eigenvalue weighted by Gasteiger charge is -2.26. The molecule has 0 unspecified atom stereocenters. The summed E-state index contributed by atoms with van der Waals surface area (Å²) in [5.74, 6) is 0.597. The van der Waals surface area contributed by atoms with Crippen molar-refractivity contribution in [1.82, 2.24) is 19.9 Å². The van der Waals surface area contributed by atoms with Crippen molar-refractivity contribution in [3.05, 3.63) is 5.28 Å². The molecule has 3 N–H and O–H groups in total. The number of halogens is 2. The normalized spacial score (nSPS) is 15.8. The molecule has 1 aromatic rings. The third kappa shape index (κ3) is 5.76. The van der Waals surface area contributed by atoms with Gasteiger partial charge in [0.1, 0.15) is 0 Å². The number of anilines is 2. The molecule has 108 valence electrons. The minimum Gasteiger partial charge on any atom is -0.368 e. The second-order valence-electron chi connectivity index (χ2n) is 4.47. The number of nitrogens with two attached hydrogens (primary N) is 1. The Kier molecular flexibility index (Phi) is 7.12. The second-order valence-corrected chi connectivity index (χ2v) is 4.81. The molecule has 1 aromatic heterocycles. The van der Waals surface area contributed by atoms with Crippen LogP contribution < -0.4 is 11.1 Å². The number of nitrogens with zero attached hydrogens (tertiary/aromatic N) is 4. The van der Waals surface area contributed by atoms with Gasteiger partial charge in [0, 0.05) is 6.54 Å². The summed E-state index contributed by atoms with van der Waals surface area (Å²) in [4.78, 5) is 14.1. The molecule has 0 bridgehead atoms. The summed E-state index contributed by atoms with van der Waals surface area (Å²) < 4.78 is 0. The molecule has 2 rings (SSSR count). The van der Waals surface area contributed by atoms with Crippen molar-refractivity contribution in [1.29, 1.82) is 0 Å². The van der Waals surface area contributed by atoms with Gasteiger partial charge < -0.3 is 16.0 Å². The lowest BCUT2D eigenvalue weighted by molar-refractivity contribution is 0.228. The van der Waals surface area contributed by atoms with E-state index >= 15 is 0 Å². The molecule has 6 nitrogen and oxygen atoms in total. The number of nitrogens with one attached hydrogen (secondary N) is 1. The largest absolute Gasteiger partial charge is 0.368 e. The SMILES string of the molecule is Cl.Nc1nc(Cl)nc(NCCCN2CCCCC2)n1. The Morgan fingerprint density at radius 1 is 1.16 bits per heavy atom. The van der Waals surface area contributed by atoms with Crippen LogP contribution in [0, 0.1) is 0 Å². The Labute approximate surface area is 124 Å². The van der Waals surface area contributed by atoms with Crippen molar-refractivity contribution < 1.29 is 0 Å². The van der Waals surface area contributed by atoms with Gasteiger partial charge in [0.2, 0.25) is 17.2 Å². The predicted octanol–water partition coefficient (Wildman–Crippen LogP) is 1.82. The highest BCUT2D eigenvalue weighted by Gasteiger charge is 2.09. The molecular formula is C11H20Cl2N6. The molecule has 19 heavy (non-hydrogen) atoms. The zero-order valence-corrected chi connectivity index (χ0v) is 12.4. The minimum absolute atomic E-state index is 0. The van der Waals surface area contributed by atoms with Crippen molar-refractivity contribution in [2.45, 2.75) is 25.7 Å². The van der Waals surface area contributed by atoms with Crippen LogP contribution in [0.2, 0.25) is 5.28 Å². The van der Waals surface area contributed by atoms with Crippen LogP contribution in [0.15, 0.2) is 0 Å². The molecule has 0 atom stereocenters. The van der Waals surface area contributed by atoms with Crippen LogP contribution in [0.4, 0.5) is 11.9 Å². The van der Waals surface area contributed by atoms with Gasteiger partial charge in [-0.3, -0.25) is 0 Å². The van der Waals surface area contributed by atoms with Crippen LogP contribution in [0.3, 0.4) is 0 Å². The van der Waals surface area contributed by atoms with E-state index in [1.54, 1.807) is 0 Å². The lowest BCUT2D eigenvalue weighted by Crippen LogP contribution is -2.31. The van der Waals surface area contributed by atoms with Gasteiger partial charge in [-0.2, -0.15) is 15.0 Å². The predicted molar refractivity (Wildman–Crippen MR) is 79.9 cm³/mol. The number of nitrogen functional groups attached to an aromatic ring is 1. The van der Waals surface area contributed by atoms with Crippen LogP contribution in [0.25, 0.3) is 0 Å². The molecule has 0 aliphatic carbocycles. The summed E-state index contributed by atoms with van der Waals surface area (Å²) >= 11 is 5.69. The van der Waals surface area contributed by atoms with Crippen LogP contribution in [0.5, 0.6) is 0 Å². The van der Waals surface area contributed by atoms with Crippen molar-refractivity contribution in [2.24, 2.45) is 0 Å². The lowest BCUT2D eigenvalue weighted by atomic mass is 10.1. The summed E-state index contributed by atoms with van der Waals surface area (Å²) in [5.41, 5.74) is 5.49. The summed E-state index contributed by atoms with van der Waals surface area (Å²) in [7, 11) is 0. The van der Waals surface area contributed by atoms with Gasteiger partial charge in [-0.25, -0.2) is 0 Å². The van der Waals surface area contributed by atoms with Gasteiger partial charge in [-0.15, -0.1) is 12.4 Å². The number of hydrogen-bond donors (Lipinski definition) is 2. The third-order valence-electron chi connectivity index (χ3n) is 3.01. The molecule has 0 aromatic carbocycles. The summed E-state index contributed by atoms with van der Waals surface area (Å²) in [6, 6.07) is 0. The molecule has 0 saturated carbocycles. The van der Waals surface area contributed by atoms with Gasteiger partial charge in [-0.1, -0.05) is 6.42 Å². The first-order valence-electron chi connectivity index (χ1n) is 6.37. The molecule has 8 heteroatoms. The van der Waals surface area contributed by atoms with Gasteiger partial charge >= 0.3 is 0 Å². The first-order valence-corrected chi connectivity index (χ1v) is 6.75. The number of likely N-dealkylation sites (tertiary alicyclic amines) is 1. The van der Waals surface area contributed by atoms with Gasteiger partial charge in [0.05, 0.1) is 0 Å². The van der Waals surface area contributed by atoms with Crippen LogP contribution in [-0.2, 0) is 0 Å². The number of hydrogen-bond acceptors (Lipinski definition) is 6. The molecule has 1 aliphatic heterocycles. The second kappa shape index (κ2) is 8.35. The Bertz CT molecular complexity index is 363. The number of rotatable bonds is 5. The first kappa shape index (κ1) is 16.2. The molecule has 2 heterocycles. The fraction of sp³-hybridized carbons (Fsp3) is 0.727. The van der Waals surface area contributed by atoms with Crippen LogP contribution in [0.1, 0.15) is 25.7 Å². The maximum Gasteiger partial charge on any atom is 0.228 e. The Hall–Kier alpha value is -0.850. The maximum absolute atomic E-state index is 5.69. The zero-order valence-electron chi connectivity index (χ0n) is 10.8. The Morgan fingerprint density at radius 2 is 1.89 bits per heavy atom. The maximum atomic E-state index is 5.69. The first-order chi connectivity index (χ1) is 8.74. The highest BCUT2D eigenvalue weighted by atomic mass is 35.5. The Morgan fingerprint density at radius 3 is 2.58 bits per heavy atom. The van der Waals surface area contributed by atoms with Gasteiger partial charge in [0.15, 0.2) is 0 Å². The molecule has 1 saturated heterocycles. The highest BCUT2D eigenvalue weighted by molar-refractivity contribution is 6.28. The van der Waals surface area contributed by atoms with Crippen LogP contribution >= 0.6 is 24.0 Å². The molecule has 1 aliphatic rings. The van der Waals surface area contributed by atoms with Gasteiger partial charge in [0.25, 0.3) is 0 Å². The Balaban J connectivity index is 0.00000180. The topological polar surface area (TPSA) is 80.0 Å². The monoisotopic (exact) mass is 306 g/mol. The van der Waals surface area contributed by atoms with E-state index in [9.17, 15) is 0 Å². The van der Waals surface area contributed by atoms with E-state index in [2.05, 4.69) is 25.2 Å². The summed E-state index contributed by atoms with van der Waals surface area (Å²) in [6.45, 7) is 4.38. The van der Waals surface area contributed by atoms with Crippen molar-refractivity contribution in [3.63, 3.8) is 0 Å². The van der Waals surface area contributed by atoms with Crippen molar-refractivity contribution >= 4 is 35.9 Å². The molecular weight excluding hydrogens is 287 g/mol. The van der Waals surface area contributed by atoms with E-state index in [0.29, 0.717) is 5.95 Å². The fourth-order valence-electron chi connectivity index (χ4n) is 2.13. The smallest absolute Gasteiger partial charge is 0.228 e. The van der Waals surface area contributed by atoms with Crippen LogP contribution in [-0.4, -0.2) is 46.0 Å². The van der Waals surface area contributed by atoms with E-state index in [4.69, 9.17) is 17.3 Å². The van der Waals surface area contributed by atoms with Crippen molar-refractivity contribution in [3.8, 4) is 0 Å². The molecule has 1 fully saturated rings. The summed E-state index contributed by atoms with van der Waals surface area (Å²) in [6.07, 6.45) is 5.08. The molecule has 0 spiro atoms. The molecule has 0 radical (unpaired) electrons. The average Bonchev–Trinajstić information content (AvgIpc) is 2.35. The van der Waals surface area contributed by atoms with E-state index in [1.165, 1.54) is 32.4 Å². The molecule has 0 amide bonds. The number of piperidine rings is 1. The quantitative estimate of drug-likeness (QED) is 0.808. The zero-order chi connectivity index (χ0) is 12.8. The average molecular weight is 307 g/mol. The number of aromatic nitrogens is 3. The van der Waals surface area contributed by atoms with E-state index in [-0.39, 0.29) is 23.6 Å². The summed E-state index contributed by atoms with van der Waals surface area (Å²) in [5, 5.41) is 3.24. The van der Waals surface area contributed by atoms with E-state index in [1.807, 2.05) is 0 Å². The van der Waals surface area contributed by atoms with Gasteiger partial charge in [-0.05, 0) is 50.5 Å². The van der Waals surface area contributed by atoms with E-state index < -0.39 is 0 Å². The van der Waals surface area contributed by atoms with Crippen molar-refractivity contribution in [2.75, 3.05) is 37.2 Å².